The minimum absolute atomic E-state index is 0.134. The van der Waals surface area contributed by atoms with E-state index >= 15 is 0 Å². The fraction of sp³-hybridized carbons (Fsp3) is 0.615. The van der Waals surface area contributed by atoms with Crippen molar-refractivity contribution in [1.29, 1.82) is 0 Å². The zero-order valence-corrected chi connectivity index (χ0v) is 10.8. The number of hydrogen-bond acceptors (Lipinski definition) is 2. The molecule has 16 heavy (non-hydrogen) atoms. The quantitative estimate of drug-likeness (QED) is 0.791. The average molecular weight is 237 g/mol. The van der Waals surface area contributed by atoms with Crippen molar-refractivity contribution in [2.45, 2.75) is 39.0 Å². The van der Waals surface area contributed by atoms with Crippen LogP contribution in [0, 0.1) is 0 Å². The molecule has 1 amide bonds. The molecule has 0 aromatic carbocycles. The van der Waals surface area contributed by atoms with Gasteiger partial charge in [0.1, 0.15) is 0 Å². The van der Waals surface area contributed by atoms with Gasteiger partial charge in [-0.2, -0.15) is 0 Å². The summed E-state index contributed by atoms with van der Waals surface area (Å²) in [4.78, 5) is 15.7. The molecule has 1 aromatic heterocycles. The van der Waals surface area contributed by atoms with Crippen LogP contribution in [0.1, 0.15) is 43.0 Å². The van der Waals surface area contributed by atoms with Crippen LogP contribution in [0.15, 0.2) is 11.4 Å². The Kier molecular flexibility index (Phi) is 3.64. The lowest BCUT2D eigenvalue weighted by atomic mass is 9.87. The summed E-state index contributed by atoms with van der Waals surface area (Å²) in [6.07, 6.45) is 3.35. The Morgan fingerprint density at radius 1 is 1.50 bits per heavy atom. The minimum Gasteiger partial charge on any atom is -0.343 e. The largest absolute Gasteiger partial charge is 0.343 e. The van der Waals surface area contributed by atoms with E-state index < -0.39 is 0 Å². The van der Waals surface area contributed by atoms with E-state index in [1.165, 1.54) is 10.4 Å². The summed E-state index contributed by atoms with van der Waals surface area (Å²) in [5.41, 5.74) is 1.30. The molecule has 88 valence electrons. The van der Waals surface area contributed by atoms with Crippen LogP contribution >= 0.6 is 11.3 Å². The second-order valence-electron chi connectivity index (χ2n) is 4.25. The number of carbonyl (C=O) groups excluding carboxylic acids is 1. The Hall–Kier alpha value is -0.830. The smallest absolute Gasteiger partial charge is 0.230 e. The van der Waals surface area contributed by atoms with Gasteiger partial charge in [-0.3, -0.25) is 4.79 Å². The van der Waals surface area contributed by atoms with E-state index in [0.29, 0.717) is 5.91 Å². The Bertz CT molecular complexity index is 368. The molecule has 1 aliphatic rings. The van der Waals surface area contributed by atoms with Gasteiger partial charge in [0.15, 0.2) is 0 Å². The maximum absolute atomic E-state index is 12.4. The van der Waals surface area contributed by atoms with Crippen LogP contribution in [-0.4, -0.2) is 23.9 Å². The van der Waals surface area contributed by atoms with Gasteiger partial charge >= 0.3 is 0 Å². The number of rotatable bonds is 3. The molecular weight excluding hydrogens is 218 g/mol. The molecule has 0 saturated carbocycles. The molecule has 1 aliphatic carbocycles. The van der Waals surface area contributed by atoms with Crippen molar-refractivity contribution in [2.75, 3.05) is 13.1 Å². The van der Waals surface area contributed by atoms with Gasteiger partial charge in [-0.1, -0.05) is 0 Å². The van der Waals surface area contributed by atoms with Gasteiger partial charge in [0.25, 0.3) is 0 Å². The van der Waals surface area contributed by atoms with Gasteiger partial charge in [0.05, 0.1) is 5.92 Å². The van der Waals surface area contributed by atoms with Crippen LogP contribution in [-0.2, 0) is 11.2 Å². The van der Waals surface area contributed by atoms with Gasteiger partial charge in [-0.25, -0.2) is 0 Å². The van der Waals surface area contributed by atoms with Crippen LogP contribution < -0.4 is 0 Å². The summed E-state index contributed by atoms with van der Waals surface area (Å²) in [6.45, 7) is 5.76. The highest BCUT2D eigenvalue weighted by atomic mass is 32.1. The first-order valence-electron chi connectivity index (χ1n) is 6.13. The SMILES string of the molecule is CCN(CC)C(=O)C1CCCc2sccc21. The van der Waals surface area contributed by atoms with E-state index in [0.717, 1.165) is 32.4 Å². The van der Waals surface area contributed by atoms with E-state index in [9.17, 15) is 4.79 Å². The highest BCUT2D eigenvalue weighted by molar-refractivity contribution is 7.10. The third kappa shape index (κ3) is 2.01. The predicted octanol–water partition coefficient (Wildman–Crippen LogP) is 3.04. The molecule has 0 radical (unpaired) electrons. The van der Waals surface area contributed by atoms with E-state index in [1.807, 2.05) is 4.90 Å². The van der Waals surface area contributed by atoms with E-state index in [1.54, 1.807) is 11.3 Å². The highest BCUT2D eigenvalue weighted by Gasteiger charge is 2.29. The highest BCUT2D eigenvalue weighted by Crippen LogP contribution is 2.35. The lowest BCUT2D eigenvalue weighted by Crippen LogP contribution is -2.35. The first-order chi connectivity index (χ1) is 7.77. The standard InChI is InChI=1S/C13H19NOS/c1-3-14(4-2)13(15)11-6-5-7-12-10(11)8-9-16-12/h8-9,11H,3-7H2,1-2H3. The molecular formula is C13H19NOS. The molecule has 0 spiro atoms. The molecule has 0 bridgehead atoms. The van der Waals surface area contributed by atoms with Crippen molar-refractivity contribution >= 4 is 17.2 Å². The van der Waals surface area contributed by atoms with Crippen molar-refractivity contribution in [2.24, 2.45) is 0 Å². The number of carbonyl (C=O) groups is 1. The van der Waals surface area contributed by atoms with Gasteiger partial charge in [-0.05, 0) is 50.1 Å². The number of thiophene rings is 1. The van der Waals surface area contributed by atoms with Crippen molar-refractivity contribution in [1.82, 2.24) is 4.90 Å². The predicted molar refractivity (Wildman–Crippen MR) is 67.9 cm³/mol. The van der Waals surface area contributed by atoms with E-state index in [4.69, 9.17) is 0 Å². The van der Waals surface area contributed by atoms with Crippen LogP contribution in [0.25, 0.3) is 0 Å². The Morgan fingerprint density at radius 3 is 2.94 bits per heavy atom. The molecule has 2 nitrogen and oxygen atoms in total. The topological polar surface area (TPSA) is 20.3 Å². The molecule has 1 aromatic rings. The second kappa shape index (κ2) is 5.00. The zero-order chi connectivity index (χ0) is 11.5. The molecule has 3 heteroatoms. The number of hydrogen-bond donors (Lipinski definition) is 0. The monoisotopic (exact) mass is 237 g/mol. The fourth-order valence-electron chi connectivity index (χ4n) is 2.50. The molecule has 2 rings (SSSR count). The van der Waals surface area contributed by atoms with Crippen LogP contribution in [0.4, 0.5) is 0 Å². The lowest BCUT2D eigenvalue weighted by Gasteiger charge is -2.28. The zero-order valence-electron chi connectivity index (χ0n) is 10.0. The van der Waals surface area contributed by atoms with Gasteiger partial charge < -0.3 is 4.90 Å². The van der Waals surface area contributed by atoms with E-state index in [2.05, 4.69) is 25.3 Å². The lowest BCUT2D eigenvalue weighted by molar-refractivity contribution is -0.132. The normalized spacial score (nSPS) is 19.2. The molecule has 0 aliphatic heterocycles. The van der Waals surface area contributed by atoms with Crippen molar-refractivity contribution < 1.29 is 4.79 Å². The number of fused-ring (bicyclic) bond motifs is 1. The van der Waals surface area contributed by atoms with Crippen LogP contribution in [0.5, 0.6) is 0 Å². The molecule has 1 heterocycles. The average Bonchev–Trinajstić information content (AvgIpc) is 2.78. The maximum atomic E-state index is 12.4. The Balaban J connectivity index is 2.21. The van der Waals surface area contributed by atoms with Crippen LogP contribution in [0.3, 0.4) is 0 Å². The minimum atomic E-state index is 0.134. The third-order valence-corrected chi connectivity index (χ3v) is 4.42. The molecule has 0 N–H and O–H groups in total. The molecule has 1 atom stereocenters. The van der Waals surface area contributed by atoms with Gasteiger partial charge in [0, 0.05) is 18.0 Å². The molecule has 0 saturated heterocycles. The first-order valence-corrected chi connectivity index (χ1v) is 7.01. The number of amides is 1. The summed E-state index contributed by atoms with van der Waals surface area (Å²) in [7, 11) is 0. The van der Waals surface area contributed by atoms with Gasteiger partial charge in [0.2, 0.25) is 5.91 Å². The summed E-state index contributed by atoms with van der Waals surface area (Å²) in [5, 5.41) is 2.12. The van der Waals surface area contributed by atoms with Crippen molar-refractivity contribution in [3.63, 3.8) is 0 Å². The van der Waals surface area contributed by atoms with Gasteiger partial charge in [-0.15, -0.1) is 11.3 Å². The summed E-state index contributed by atoms with van der Waals surface area (Å²) in [6, 6.07) is 2.14. The van der Waals surface area contributed by atoms with E-state index in [-0.39, 0.29) is 5.92 Å². The van der Waals surface area contributed by atoms with Crippen molar-refractivity contribution in [3.8, 4) is 0 Å². The first kappa shape index (κ1) is 11.6. The molecule has 1 unspecified atom stereocenters. The third-order valence-electron chi connectivity index (χ3n) is 3.43. The summed E-state index contributed by atoms with van der Waals surface area (Å²) < 4.78 is 0. The Labute approximate surface area is 101 Å². The number of nitrogens with zero attached hydrogens (tertiary/aromatic N) is 1. The van der Waals surface area contributed by atoms with Crippen molar-refractivity contribution in [3.05, 3.63) is 21.9 Å². The fourth-order valence-corrected chi connectivity index (χ4v) is 3.49. The Morgan fingerprint density at radius 2 is 2.25 bits per heavy atom. The summed E-state index contributed by atoms with van der Waals surface area (Å²) in [5.74, 6) is 0.458. The second-order valence-corrected chi connectivity index (χ2v) is 5.26. The number of likely N-dealkylation sites (N-methyl/N-ethyl adjacent to an activating group) is 1. The number of aryl methyl sites for hydroxylation is 1. The molecule has 0 fully saturated rings. The summed E-state index contributed by atoms with van der Waals surface area (Å²) >= 11 is 1.80. The van der Waals surface area contributed by atoms with Crippen LogP contribution in [0.2, 0.25) is 0 Å². The maximum Gasteiger partial charge on any atom is 0.230 e.